The van der Waals surface area contributed by atoms with Crippen molar-refractivity contribution < 1.29 is 32.8 Å². The van der Waals surface area contributed by atoms with Crippen molar-refractivity contribution >= 4 is 7.82 Å². The van der Waals surface area contributed by atoms with Gasteiger partial charge in [-0.3, -0.25) is 9.05 Å². The first-order chi connectivity index (χ1) is 16.2. The van der Waals surface area contributed by atoms with E-state index >= 15 is 0 Å². The second-order valence-corrected chi connectivity index (χ2v) is 12.0. The molecule has 0 aliphatic rings. The molecule has 8 heteroatoms. The van der Waals surface area contributed by atoms with Crippen molar-refractivity contribution in [1.82, 2.24) is 0 Å². The molecule has 0 fully saturated rings. The summed E-state index contributed by atoms with van der Waals surface area (Å²) in [4.78, 5) is 9.74. The highest BCUT2D eigenvalue weighted by atomic mass is 31.2. The molecule has 2 atom stereocenters. The van der Waals surface area contributed by atoms with Crippen molar-refractivity contribution in [3.05, 3.63) is 0 Å². The van der Waals surface area contributed by atoms with Crippen molar-refractivity contribution in [2.24, 2.45) is 0 Å². The van der Waals surface area contributed by atoms with E-state index in [0.29, 0.717) is 17.6 Å². The van der Waals surface area contributed by atoms with Crippen molar-refractivity contribution in [3.63, 3.8) is 0 Å². The summed E-state index contributed by atoms with van der Waals surface area (Å²) in [6.07, 6.45) is 20.5. The molecule has 0 aromatic heterocycles. The van der Waals surface area contributed by atoms with Crippen LogP contribution in [0.5, 0.6) is 0 Å². The van der Waals surface area contributed by atoms with Gasteiger partial charge in [0.15, 0.2) is 0 Å². The molecule has 0 aromatic carbocycles. The Balaban J connectivity index is 3.51. The Morgan fingerprint density at radius 1 is 0.706 bits per heavy atom. The van der Waals surface area contributed by atoms with Crippen LogP contribution in [0.1, 0.15) is 110 Å². The van der Waals surface area contributed by atoms with Gasteiger partial charge in [-0.05, 0) is 6.42 Å². The number of hydrogen-bond donors (Lipinski definition) is 2. The number of aliphatic hydroxyl groups excluding tert-OH is 1. The minimum atomic E-state index is -4.12. The van der Waals surface area contributed by atoms with Gasteiger partial charge in [0.1, 0.15) is 19.3 Å². The molecule has 7 nitrogen and oxygen atoms in total. The molecule has 0 aliphatic carbocycles. The second kappa shape index (κ2) is 22.2. The smallest absolute Gasteiger partial charge is 0.394 e. The van der Waals surface area contributed by atoms with Gasteiger partial charge in [-0.25, -0.2) is 4.57 Å². The highest BCUT2D eigenvalue weighted by molar-refractivity contribution is 7.47. The highest BCUT2D eigenvalue weighted by Gasteiger charge is 2.24. The van der Waals surface area contributed by atoms with Gasteiger partial charge in [0.25, 0.3) is 0 Å². The first-order valence-electron chi connectivity index (χ1n) is 13.8. The summed E-state index contributed by atoms with van der Waals surface area (Å²) < 4.78 is 28.1. The van der Waals surface area contributed by atoms with Gasteiger partial charge in [-0.15, -0.1) is 0 Å². The monoisotopic (exact) mass is 510 g/mol. The molecule has 2 N–H and O–H groups in total. The minimum absolute atomic E-state index is 0.126. The molecule has 0 rings (SSSR count). The van der Waals surface area contributed by atoms with Gasteiger partial charge < -0.3 is 19.2 Å². The third-order valence-electron chi connectivity index (χ3n) is 6.00. The predicted molar refractivity (Wildman–Crippen MR) is 141 cm³/mol. The third kappa shape index (κ3) is 25.1. The number of hydrogen-bond acceptors (Lipinski definition) is 5. The highest BCUT2D eigenvalue weighted by Crippen LogP contribution is 2.43. The van der Waals surface area contributed by atoms with E-state index < -0.39 is 13.9 Å². The molecule has 0 aromatic rings. The summed E-state index contributed by atoms with van der Waals surface area (Å²) in [5.74, 6) is 0. The predicted octanol–water partition coefficient (Wildman–Crippen LogP) is 6.47. The zero-order chi connectivity index (χ0) is 25.5. The number of nitrogens with zero attached hydrogens (tertiary/aromatic N) is 1. The molecule has 0 saturated carbocycles. The van der Waals surface area contributed by atoms with Crippen LogP contribution in [-0.4, -0.2) is 74.7 Å². The van der Waals surface area contributed by atoms with E-state index in [0.717, 1.165) is 12.8 Å². The number of rotatable bonds is 26. The Morgan fingerprint density at radius 2 is 1.15 bits per heavy atom. The molecule has 0 bridgehead atoms. The molecule has 34 heavy (non-hydrogen) atoms. The van der Waals surface area contributed by atoms with Crippen molar-refractivity contribution in [1.29, 1.82) is 0 Å². The van der Waals surface area contributed by atoms with Crippen LogP contribution in [-0.2, 0) is 18.3 Å². The zero-order valence-corrected chi connectivity index (χ0v) is 23.7. The van der Waals surface area contributed by atoms with E-state index in [9.17, 15) is 14.6 Å². The molecule has 0 radical (unpaired) electrons. The molecule has 0 amide bonds. The van der Waals surface area contributed by atoms with Crippen LogP contribution in [0.15, 0.2) is 0 Å². The Bertz CT molecular complexity index is 486. The van der Waals surface area contributed by atoms with Crippen molar-refractivity contribution in [3.8, 4) is 0 Å². The maximum atomic E-state index is 11.9. The fourth-order valence-electron chi connectivity index (χ4n) is 3.70. The molecule has 206 valence electrons. The number of aliphatic hydroxyl groups is 1. The summed E-state index contributed by atoms with van der Waals surface area (Å²) in [7, 11) is 1.80. The number of likely N-dealkylation sites (N-methyl/N-ethyl adjacent to an activating group) is 1. The van der Waals surface area contributed by atoms with Gasteiger partial charge in [0.2, 0.25) is 0 Å². The summed E-state index contributed by atoms with van der Waals surface area (Å²) in [5.41, 5.74) is 0. The molecule has 2 unspecified atom stereocenters. The largest absolute Gasteiger partial charge is 0.472 e. The van der Waals surface area contributed by atoms with Gasteiger partial charge in [0, 0.05) is 6.61 Å². The fourth-order valence-corrected chi connectivity index (χ4v) is 4.44. The zero-order valence-electron chi connectivity index (χ0n) is 22.8. The lowest BCUT2D eigenvalue weighted by Gasteiger charge is -2.24. The fraction of sp³-hybridized carbons (Fsp3) is 1.00. The average molecular weight is 511 g/mol. The van der Waals surface area contributed by atoms with E-state index in [1.54, 1.807) is 0 Å². The SMILES string of the molecule is CCCCCCCCCCCCCCCCCCOC(CO)COP(=O)(O)OCC[N+](C)(C)C. The summed E-state index contributed by atoms with van der Waals surface area (Å²) in [5, 5.41) is 9.42. The lowest BCUT2D eigenvalue weighted by Crippen LogP contribution is -2.37. The number of phosphoric acid groups is 1. The number of phosphoric ester groups is 1. The number of quaternary nitrogens is 1. The van der Waals surface area contributed by atoms with Gasteiger partial charge in [-0.1, -0.05) is 103 Å². The van der Waals surface area contributed by atoms with Crippen LogP contribution in [0.4, 0.5) is 0 Å². The molecular formula is C26H57NO6P+. The molecule has 0 aliphatic heterocycles. The van der Waals surface area contributed by atoms with Crippen LogP contribution in [0, 0.1) is 0 Å². The number of unbranched alkanes of at least 4 members (excludes halogenated alkanes) is 15. The van der Waals surface area contributed by atoms with Gasteiger partial charge >= 0.3 is 7.82 Å². The third-order valence-corrected chi connectivity index (χ3v) is 6.98. The van der Waals surface area contributed by atoms with E-state index in [2.05, 4.69) is 6.92 Å². The molecule has 0 saturated heterocycles. The first-order valence-corrected chi connectivity index (χ1v) is 15.3. The minimum Gasteiger partial charge on any atom is -0.394 e. The average Bonchev–Trinajstić information content (AvgIpc) is 2.76. The standard InChI is InChI=1S/C26H56NO6P/c1-5-6-7-8-9-10-11-12-13-14-15-16-17-18-19-20-22-31-26(24-28)25-33-34(29,30)32-23-21-27(2,3)4/h26,28H,5-25H2,1-4H3/p+1. The number of ether oxygens (including phenoxy) is 1. The summed E-state index contributed by atoms with van der Waals surface area (Å²) in [6.45, 7) is 3.09. The van der Waals surface area contributed by atoms with E-state index in [4.69, 9.17) is 13.8 Å². The maximum absolute atomic E-state index is 11.9. The Kier molecular flexibility index (Phi) is 22.2. The summed E-state index contributed by atoms with van der Waals surface area (Å²) in [6, 6.07) is 0. The van der Waals surface area contributed by atoms with Crippen molar-refractivity contribution in [2.45, 2.75) is 116 Å². The van der Waals surface area contributed by atoms with E-state index in [1.165, 1.54) is 89.9 Å². The molecule has 0 heterocycles. The first kappa shape index (κ1) is 34.0. The van der Waals surface area contributed by atoms with Crippen LogP contribution in [0.25, 0.3) is 0 Å². The Morgan fingerprint density at radius 3 is 1.56 bits per heavy atom. The summed E-state index contributed by atoms with van der Waals surface area (Å²) >= 11 is 0. The van der Waals surface area contributed by atoms with Crippen LogP contribution >= 0.6 is 7.82 Å². The molecular weight excluding hydrogens is 453 g/mol. The van der Waals surface area contributed by atoms with Crippen LogP contribution in [0.2, 0.25) is 0 Å². The van der Waals surface area contributed by atoms with Crippen molar-refractivity contribution in [2.75, 3.05) is 54.1 Å². The second-order valence-electron chi connectivity index (χ2n) is 10.6. The van der Waals surface area contributed by atoms with Gasteiger partial charge in [0.05, 0.1) is 34.4 Å². The lowest BCUT2D eigenvalue weighted by molar-refractivity contribution is -0.870. The van der Waals surface area contributed by atoms with Gasteiger partial charge in [-0.2, -0.15) is 0 Å². The Hall–Kier alpha value is -0.0100. The maximum Gasteiger partial charge on any atom is 0.472 e. The topological polar surface area (TPSA) is 85.2 Å². The Labute approximate surface area is 210 Å². The van der Waals surface area contributed by atoms with E-state index in [1.807, 2.05) is 21.1 Å². The normalized spacial score (nSPS) is 14.9. The molecule has 0 spiro atoms. The van der Waals surface area contributed by atoms with E-state index in [-0.39, 0.29) is 19.8 Å². The van der Waals surface area contributed by atoms with Crippen LogP contribution in [0.3, 0.4) is 0 Å². The quantitative estimate of drug-likeness (QED) is 0.0788. The lowest BCUT2D eigenvalue weighted by atomic mass is 10.0. The van der Waals surface area contributed by atoms with Crippen LogP contribution < -0.4 is 0 Å².